The van der Waals surface area contributed by atoms with Crippen molar-refractivity contribution < 1.29 is 38.3 Å². The summed E-state index contributed by atoms with van der Waals surface area (Å²) in [6.07, 6.45) is -2.73. The molecule has 6 nitrogen and oxygen atoms in total. The second-order valence-corrected chi connectivity index (χ2v) is 9.27. The Bertz CT molecular complexity index is 1040. The van der Waals surface area contributed by atoms with E-state index in [1.165, 1.54) is 25.3 Å². The standard InChI is InChI=1S/C23H25ClF2O6/c1-21(2,29)22-10-16(27)20(28)23(32-22,31-11-22)14-5-6-15(24)13(9-14)8-12-4-7-17(30-3)19(26)18(12)25/h4-7,9,16,20,27-29H,8,10-11H2,1-3H3/t16-,20?,22+,23-/m0/s1. The van der Waals surface area contributed by atoms with E-state index in [9.17, 15) is 24.1 Å². The van der Waals surface area contributed by atoms with E-state index in [0.29, 0.717) is 16.1 Å². The van der Waals surface area contributed by atoms with Gasteiger partial charge in [0.25, 0.3) is 0 Å². The molecule has 32 heavy (non-hydrogen) atoms. The Morgan fingerprint density at radius 3 is 2.53 bits per heavy atom. The van der Waals surface area contributed by atoms with Crippen molar-refractivity contribution in [3.05, 3.63) is 63.7 Å². The van der Waals surface area contributed by atoms with Crippen LogP contribution in [0.2, 0.25) is 5.02 Å². The van der Waals surface area contributed by atoms with Gasteiger partial charge in [0.15, 0.2) is 11.6 Å². The zero-order chi connectivity index (χ0) is 23.5. The van der Waals surface area contributed by atoms with Gasteiger partial charge in [0.05, 0.1) is 25.4 Å². The number of fused-ring (bicyclic) bond motifs is 2. The Labute approximate surface area is 189 Å². The number of halogens is 3. The van der Waals surface area contributed by atoms with Crippen LogP contribution in [0.25, 0.3) is 0 Å². The molecular weight excluding hydrogens is 446 g/mol. The minimum Gasteiger partial charge on any atom is -0.494 e. The summed E-state index contributed by atoms with van der Waals surface area (Å²) in [5.41, 5.74) is -1.78. The molecule has 0 aliphatic carbocycles. The molecule has 0 amide bonds. The SMILES string of the molecule is COc1ccc(Cc2cc([C@@]34OC[C@@](C(C)(C)O)(C[C@H](O)C3O)O4)ccc2Cl)c(F)c1F. The minimum absolute atomic E-state index is 0.0177. The van der Waals surface area contributed by atoms with Crippen molar-refractivity contribution >= 4 is 11.6 Å². The molecule has 3 N–H and O–H groups in total. The van der Waals surface area contributed by atoms with Gasteiger partial charge in [-0.15, -0.1) is 0 Å². The van der Waals surface area contributed by atoms with E-state index in [0.717, 1.165) is 0 Å². The molecule has 2 aromatic rings. The summed E-state index contributed by atoms with van der Waals surface area (Å²) in [4.78, 5) is 0. The molecule has 2 aliphatic rings. The van der Waals surface area contributed by atoms with Crippen molar-refractivity contribution in [2.24, 2.45) is 0 Å². The van der Waals surface area contributed by atoms with Crippen LogP contribution in [0, 0.1) is 11.6 Å². The maximum absolute atomic E-state index is 14.5. The van der Waals surface area contributed by atoms with Gasteiger partial charge in [-0.05, 0) is 43.2 Å². The Kier molecular flexibility index (Phi) is 5.76. The number of ether oxygens (including phenoxy) is 3. The molecule has 2 bridgehead atoms. The summed E-state index contributed by atoms with van der Waals surface area (Å²) < 4.78 is 45.5. The average Bonchev–Trinajstić information content (AvgIpc) is 3.09. The lowest BCUT2D eigenvalue weighted by molar-refractivity contribution is -0.319. The maximum atomic E-state index is 14.5. The zero-order valence-corrected chi connectivity index (χ0v) is 18.6. The van der Waals surface area contributed by atoms with Gasteiger partial charge >= 0.3 is 0 Å². The van der Waals surface area contributed by atoms with E-state index in [-0.39, 0.29) is 30.8 Å². The quantitative estimate of drug-likeness (QED) is 0.622. The van der Waals surface area contributed by atoms with Gasteiger partial charge in [0.1, 0.15) is 11.7 Å². The molecule has 4 rings (SSSR count). The molecule has 4 atom stereocenters. The van der Waals surface area contributed by atoms with Gasteiger partial charge < -0.3 is 29.5 Å². The molecule has 2 heterocycles. The largest absolute Gasteiger partial charge is 0.494 e. The van der Waals surface area contributed by atoms with E-state index in [1.807, 2.05) is 0 Å². The first-order valence-electron chi connectivity index (χ1n) is 10.2. The molecule has 1 unspecified atom stereocenters. The van der Waals surface area contributed by atoms with Crippen LogP contribution in [0.4, 0.5) is 8.78 Å². The Morgan fingerprint density at radius 1 is 1.16 bits per heavy atom. The lowest BCUT2D eigenvalue weighted by Crippen LogP contribution is -2.62. The van der Waals surface area contributed by atoms with Crippen LogP contribution in [0.5, 0.6) is 5.75 Å². The van der Waals surface area contributed by atoms with Gasteiger partial charge in [0, 0.05) is 23.4 Å². The van der Waals surface area contributed by atoms with Gasteiger partial charge in [-0.1, -0.05) is 23.7 Å². The summed E-state index contributed by atoms with van der Waals surface area (Å²) in [7, 11) is 1.25. The predicted octanol–water partition coefficient (Wildman–Crippen LogP) is 3.05. The van der Waals surface area contributed by atoms with Gasteiger partial charge in [0.2, 0.25) is 11.6 Å². The Balaban J connectivity index is 1.74. The van der Waals surface area contributed by atoms with Crippen LogP contribution >= 0.6 is 11.6 Å². The van der Waals surface area contributed by atoms with E-state index in [2.05, 4.69) is 0 Å². The molecule has 0 spiro atoms. The first-order chi connectivity index (χ1) is 14.9. The van der Waals surface area contributed by atoms with Crippen molar-refractivity contribution in [1.82, 2.24) is 0 Å². The third-order valence-electron chi connectivity index (χ3n) is 6.45. The lowest BCUT2D eigenvalue weighted by Gasteiger charge is -2.48. The molecular formula is C23H25ClF2O6. The molecule has 0 saturated carbocycles. The highest BCUT2D eigenvalue weighted by Gasteiger charge is 2.66. The first kappa shape index (κ1) is 23.4. The Hall–Kier alpha value is -1.81. The van der Waals surface area contributed by atoms with Crippen LogP contribution in [-0.2, 0) is 21.7 Å². The molecule has 2 aromatic carbocycles. The number of methoxy groups -OCH3 is 1. The summed E-state index contributed by atoms with van der Waals surface area (Å²) in [5.74, 6) is -4.11. The number of hydrogen-bond acceptors (Lipinski definition) is 6. The van der Waals surface area contributed by atoms with Crippen molar-refractivity contribution in [2.45, 2.75) is 55.9 Å². The van der Waals surface area contributed by atoms with Gasteiger partial charge in [-0.2, -0.15) is 4.39 Å². The topological polar surface area (TPSA) is 88.4 Å². The second-order valence-electron chi connectivity index (χ2n) is 8.87. The highest BCUT2D eigenvalue weighted by molar-refractivity contribution is 6.31. The minimum atomic E-state index is -1.75. The predicted molar refractivity (Wildman–Crippen MR) is 112 cm³/mol. The van der Waals surface area contributed by atoms with Crippen LogP contribution < -0.4 is 4.74 Å². The normalized spacial score (nSPS) is 29.9. The summed E-state index contributed by atoms with van der Waals surface area (Å²) in [5, 5.41) is 32.3. The zero-order valence-electron chi connectivity index (χ0n) is 17.9. The fourth-order valence-corrected chi connectivity index (χ4v) is 4.57. The monoisotopic (exact) mass is 470 g/mol. The number of rotatable bonds is 5. The van der Waals surface area contributed by atoms with Crippen molar-refractivity contribution in [3.8, 4) is 5.75 Å². The molecule has 2 fully saturated rings. The molecule has 2 aliphatic heterocycles. The number of hydrogen-bond donors (Lipinski definition) is 3. The molecule has 2 saturated heterocycles. The van der Waals surface area contributed by atoms with Crippen molar-refractivity contribution in [3.63, 3.8) is 0 Å². The van der Waals surface area contributed by atoms with Crippen molar-refractivity contribution in [2.75, 3.05) is 13.7 Å². The number of benzene rings is 2. The van der Waals surface area contributed by atoms with E-state index >= 15 is 0 Å². The smallest absolute Gasteiger partial charge is 0.225 e. The van der Waals surface area contributed by atoms with Crippen LogP contribution in [0.1, 0.15) is 37.0 Å². The van der Waals surface area contributed by atoms with Crippen LogP contribution in [0.15, 0.2) is 30.3 Å². The first-order valence-corrected chi connectivity index (χ1v) is 10.5. The van der Waals surface area contributed by atoms with Crippen molar-refractivity contribution in [1.29, 1.82) is 0 Å². The summed E-state index contributed by atoms with van der Waals surface area (Å²) in [6.45, 7) is 3.04. The lowest BCUT2D eigenvalue weighted by atomic mass is 9.77. The van der Waals surface area contributed by atoms with E-state index in [4.69, 9.17) is 25.8 Å². The summed E-state index contributed by atoms with van der Waals surface area (Å²) >= 11 is 6.33. The van der Waals surface area contributed by atoms with Crippen LogP contribution in [0.3, 0.4) is 0 Å². The van der Waals surface area contributed by atoms with Gasteiger partial charge in [-0.25, -0.2) is 4.39 Å². The third kappa shape index (κ3) is 3.50. The van der Waals surface area contributed by atoms with E-state index < -0.39 is 40.8 Å². The highest BCUT2D eigenvalue weighted by Crippen LogP contribution is 2.53. The second kappa shape index (κ2) is 7.90. The Morgan fingerprint density at radius 2 is 1.88 bits per heavy atom. The molecule has 9 heteroatoms. The van der Waals surface area contributed by atoms with Crippen LogP contribution in [-0.4, -0.2) is 52.4 Å². The van der Waals surface area contributed by atoms with E-state index in [1.54, 1.807) is 26.0 Å². The summed E-state index contributed by atoms with van der Waals surface area (Å²) in [6, 6.07) is 7.39. The van der Waals surface area contributed by atoms with Gasteiger partial charge in [-0.3, -0.25) is 0 Å². The molecule has 174 valence electrons. The molecule has 0 aromatic heterocycles. The maximum Gasteiger partial charge on any atom is 0.225 e. The fourth-order valence-electron chi connectivity index (χ4n) is 4.38. The third-order valence-corrected chi connectivity index (χ3v) is 6.82. The average molecular weight is 471 g/mol. The fraction of sp³-hybridized carbons (Fsp3) is 0.478. The number of aliphatic hydroxyl groups is 3. The number of aliphatic hydroxyl groups excluding tert-OH is 2. The highest BCUT2D eigenvalue weighted by atomic mass is 35.5. The molecule has 0 radical (unpaired) electrons.